The topological polar surface area (TPSA) is 114 Å². The van der Waals surface area contributed by atoms with Gasteiger partial charge in [-0.1, -0.05) is 13.8 Å². The predicted molar refractivity (Wildman–Crippen MR) is 109 cm³/mol. The summed E-state index contributed by atoms with van der Waals surface area (Å²) in [5, 5.41) is 0. The molecule has 0 aliphatic carbocycles. The first-order chi connectivity index (χ1) is 14.3. The van der Waals surface area contributed by atoms with E-state index in [1.165, 1.54) is 27.0 Å². The van der Waals surface area contributed by atoms with Crippen molar-refractivity contribution in [3.8, 4) is 0 Å². The summed E-state index contributed by atoms with van der Waals surface area (Å²) in [5.74, 6) is -3.57. The highest BCUT2D eigenvalue weighted by Crippen LogP contribution is 2.35. The van der Waals surface area contributed by atoms with Crippen LogP contribution in [-0.4, -0.2) is 54.9 Å². The van der Waals surface area contributed by atoms with Crippen molar-refractivity contribution in [1.82, 2.24) is 0 Å². The molecule has 9 heteroatoms. The van der Waals surface area contributed by atoms with Gasteiger partial charge in [-0.3, -0.25) is 14.4 Å². The summed E-state index contributed by atoms with van der Waals surface area (Å²) in [5.41, 5.74) is -0.724. The van der Waals surface area contributed by atoms with E-state index >= 15 is 0 Å². The molecule has 1 heterocycles. The normalized spacial score (nSPS) is 22.8. The predicted octanol–water partition coefficient (Wildman–Crippen LogP) is 2.70. The monoisotopic (exact) mass is 442 g/mol. The highest BCUT2D eigenvalue weighted by atomic mass is 16.6. The SMILES string of the molecule is CC[C@@H](C)[C@@H](OC(C)=O)C1OC(C(=O)OC)=C[C@H](OC(C)=O)[C@H]1CC(=O)OC(C)(C)C. The number of hydrogen-bond donors (Lipinski definition) is 0. The maximum absolute atomic E-state index is 12.6. The van der Waals surface area contributed by atoms with E-state index in [0.29, 0.717) is 6.42 Å². The fraction of sp³-hybridized carbons (Fsp3) is 0.727. The van der Waals surface area contributed by atoms with Gasteiger partial charge < -0.3 is 23.7 Å². The molecular weight excluding hydrogens is 408 g/mol. The quantitative estimate of drug-likeness (QED) is 0.413. The lowest BCUT2D eigenvalue weighted by atomic mass is 9.82. The van der Waals surface area contributed by atoms with E-state index in [4.69, 9.17) is 23.7 Å². The second kappa shape index (κ2) is 11.2. The van der Waals surface area contributed by atoms with Gasteiger partial charge in [0.2, 0.25) is 5.76 Å². The summed E-state index contributed by atoms with van der Waals surface area (Å²) in [6, 6.07) is 0. The maximum Gasteiger partial charge on any atom is 0.373 e. The van der Waals surface area contributed by atoms with Crippen molar-refractivity contribution in [3.63, 3.8) is 0 Å². The van der Waals surface area contributed by atoms with E-state index in [-0.39, 0.29) is 18.1 Å². The molecule has 1 aliphatic rings. The van der Waals surface area contributed by atoms with Gasteiger partial charge >= 0.3 is 23.9 Å². The molecule has 31 heavy (non-hydrogen) atoms. The Morgan fingerprint density at radius 1 is 1.13 bits per heavy atom. The molecule has 9 nitrogen and oxygen atoms in total. The Morgan fingerprint density at radius 2 is 1.74 bits per heavy atom. The number of rotatable bonds is 8. The van der Waals surface area contributed by atoms with Gasteiger partial charge in [-0.25, -0.2) is 4.79 Å². The standard InChI is InChI=1S/C22H34O9/c1-9-12(2)19(29-14(4)24)20-15(10-18(25)31-22(5,6)7)16(28-13(3)23)11-17(30-20)21(26)27-8/h11-12,15-16,19-20H,9-10H2,1-8H3/t12-,15-,16+,19-,20?/m1/s1. The molecule has 0 radical (unpaired) electrons. The van der Waals surface area contributed by atoms with Gasteiger partial charge in [0.15, 0.2) is 0 Å². The Balaban J connectivity index is 3.46. The molecule has 0 amide bonds. The smallest absolute Gasteiger partial charge is 0.373 e. The Bertz CT molecular complexity index is 704. The highest BCUT2D eigenvalue weighted by molar-refractivity contribution is 5.86. The molecule has 0 aromatic heterocycles. The van der Waals surface area contributed by atoms with E-state index in [2.05, 4.69) is 0 Å². The number of methoxy groups -OCH3 is 1. The Hall–Kier alpha value is -2.58. The third kappa shape index (κ3) is 8.22. The molecule has 0 N–H and O–H groups in total. The molecular formula is C22H34O9. The maximum atomic E-state index is 12.6. The average molecular weight is 443 g/mol. The third-order valence-electron chi connectivity index (χ3n) is 4.76. The van der Waals surface area contributed by atoms with Gasteiger partial charge in [-0.15, -0.1) is 0 Å². The molecule has 0 saturated carbocycles. The van der Waals surface area contributed by atoms with Crippen LogP contribution in [0.3, 0.4) is 0 Å². The van der Waals surface area contributed by atoms with Gasteiger partial charge in [0.1, 0.15) is 23.9 Å². The minimum Gasteiger partial charge on any atom is -0.479 e. The molecule has 1 aliphatic heterocycles. The summed E-state index contributed by atoms with van der Waals surface area (Å²) in [6.45, 7) is 11.5. The molecule has 5 atom stereocenters. The van der Waals surface area contributed by atoms with E-state index in [0.717, 1.165) is 0 Å². The lowest BCUT2D eigenvalue weighted by molar-refractivity contribution is -0.180. The second-order valence-electron chi connectivity index (χ2n) is 8.59. The van der Waals surface area contributed by atoms with Crippen molar-refractivity contribution in [2.75, 3.05) is 7.11 Å². The van der Waals surface area contributed by atoms with Crippen molar-refractivity contribution in [1.29, 1.82) is 0 Å². The largest absolute Gasteiger partial charge is 0.479 e. The van der Waals surface area contributed by atoms with Crippen LogP contribution < -0.4 is 0 Å². The number of hydrogen-bond acceptors (Lipinski definition) is 9. The Kier molecular flexibility index (Phi) is 9.52. The van der Waals surface area contributed by atoms with Crippen molar-refractivity contribution in [3.05, 3.63) is 11.8 Å². The fourth-order valence-corrected chi connectivity index (χ4v) is 3.31. The molecule has 0 saturated heterocycles. The lowest BCUT2D eigenvalue weighted by Crippen LogP contribution is -2.51. The first kappa shape index (κ1) is 26.5. The van der Waals surface area contributed by atoms with E-state index in [1.807, 2.05) is 13.8 Å². The molecule has 176 valence electrons. The van der Waals surface area contributed by atoms with Crippen LogP contribution >= 0.6 is 0 Å². The number of esters is 4. The van der Waals surface area contributed by atoms with Gasteiger partial charge in [0.05, 0.1) is 19.4 Å². The van der Waals surface area contributed by atoms with Crippen molar-refractivity contribution < 1.29 is 42.9 Å². The molecule has 0 bridgehead atoms. The first-order valence-corrected chi connectivity index (χ1v) is 10.3. The van der Waals surface area contributed by atoms with Crippen LogP contribution in [0.2, 0.25) is 0 Å². The van der Waals surface area contributed by atoms with Crippen LogP contribution in [-0.2, 0) is 42.9 Å². The molecule has 0 spiro atoms. The second-order valence-corrected chi connectivity index (χ2v) is 8.59. The summed E-state index contributed by atoms with van der Waals surface area (Å²) >= 11 is 0. The van der Waals surface area contributed by atoms with Gasteiger partial charge in [0, 0.05) is 19.9 Å². The van der Waals surface area contributed by atoms with Crippen molar-refractivity contribution >= 4 is 23.9 Å². The molecule has 1 unspecified atom stereocenters. The van der Waals surface area contributed by atoms with Crippen molar-refractivity contribution in [2.24, 2.45) is 11.8 Å². The minimum atomic E-state index is -0.986. The molecule has 1 rings (SSSR count). The van der Waals surface area contributed by atoms with Crippen LogP contribution in [0.4, 0.5) is 0 Å². The van der Waals surface area contributed by atoms with Crippen molar-refractivity contribution in [2.45, 2.75) is 85.2 Å². The summed E-state index contributed by atoms with van der Waals surface area (Å²) < 4.78 is 27.0. The van der Waals surface area contributed by atoms with Crippen LogP contribution in [0.1, 0.15) is 61.3 Å². The summed E-state index contributed by atoms with van der Waals surface area (Å²) in [4.78, 5) is 48.4. The zero-order chi connectivity index (χ0) is 23.9. The Morgan fingerprint density at radius 3 is 2.19 bits per heavy atom. The van der Waals surface area contributed by atoms with Crippen LogP contribution in [0, 0.1) is 11.8 Å². The van der Waals surface area contributed by atoms with Crippen LogP contribution in [0.15, 0.2) is 11.8 Å². The molecule has 0 fully saturated rings. The van der Waals surface area contributed by atoms with E-state index in [1.54, 1.807) is 20.8 Å². The summed E-state index contributed by atoms with van der Waals surface area (Å²) in [7, 11) is 1.19. The minimum absolute atomic E-state index is 0.176. The number of carbonyl (C=O) groups is 4. The first-order valence-electron chi connectivity index (χ1n) is 10.3. The zero-order valence-corrected chi connectivity index (χ0v) is 19.6. The van der Waals surface area contributed by atoms with Crippen LogP contribution in [0.5, 0.6) is 0 Å². The van der Waals surface area contributed by atoms with Gasteiger partial charge in [0.25, 0.3) is 0 Å². The average Bonchev–Trinajstić information content (AvgIpc) is 2.64. The third-order valence-corrected chi connectivity index (χ3v) is 4.76. The Labute approximate surface area is 183 Å². The summed E-state index contributed by atoms with van der Waals surface area (Å²) in [6.07, 6.45) is -0.984. The highest BCUT2D eigenvalue weighted by Gasteiger charge is 2.47. The van der Waals surface area contributed by atoms with Gasteiger partial charge in [-0.05, 0) is 33.1 Å². The fourth-order valence-electron chi connectivity index (χ4n) is 3.31. The lowest BCUT2D eigenvalue weighted by Gasteiger charge is -2.41. The number of carbonyl (C=O) groups excluding carboxylic acids is 4. The van der Waals surface area contributed by atoms with E-state index in [9.17, 15) is 19.2 Å². The van der Waals surface area contributed by atoms with Gasteiger partial charge in [-0.2, -0.15) is 0 Å². The molecule has 0 aromatic rings. The van der Waals surface area contributed by atoms with Crippen LogP contribution in [0.25, 0.3) is 0 Å². The van der Waals surface area contributed by atoms with E-state index < -0.39 is 53.7 Å². The number of ether oxygens (including phenoxy) is 5. The zero-order valence-electron chi connectivity index (χ0n) is 19.6. The molecule has 0 aromatic carbocycles.